The first-order valence-corrected chi connectivity index (χ1v) is 11.0. The van der Waals surface area contributed by atoms with Crippen molar-refractivity contribution in [2.45, 2.75) is 31.5 Å². The van der Waals surface area contributed by atoms with E-state index in [1.807, 2.05) is 48.5 Å². The molecule has 0 aliphatic carbocycles. The van der Waals surface area contributed by atoms with Gasteiger partial charge in [0.2, 0.25) is 0 Å². The van der Waals surface area contributed by atoms with E-state index in [0.29, 0.717) is 13.0 Å². The lowest BCUT2D eigenvalue weighted by Gasteiger charge is -2.39. The van der Waals surface area contributed by atoms with Gasteiger partial charge < -0.3 is 10.2 Å². The van der Waals surface area contributed by atoms with E-state index in [1.54, 1.807) is 0 Å². The third-order valence-corrected chi connectivity index (χ3v) is 6.47. The van der Waals surface area contributed by atoms with Crippen molar-refractivity contribution < 1.29 is 18.0 Å². The Morgan fingerprint density at radius 2 is 1.72 bits per heavy atom. The predicted octanol–water partition coefficient (Wildman–Crippen LogP) is 5.69. The Balaban J connectivity index is 1.53. The molecule has 0 spiro atoms. The molecule has 1 saturated heterocycles. The largest absolute Gasteiger partial charge is 0.471 e. The summed E-state index contributed by atoms with van der Waals surface area (Å²) in [6.45, 7) is 2.80. The Morgan fingerprint density at radius 3 is 2.47 bits per heavy atom. The van der Waals surface area contributed by atoms with Crippen LogP contribution in [0.15, 0.2) is 72.8 Å². The SMILES string of the molecule is C[C@@H](NCC1CN(C(=O)C(F)(F)F)CCC1c1ccccc1)c1cccc2ccccc12. The molecule has 2 unspecified atom stereocenters. The van der Waals surface area contributed by atoms with Gasteiger partial charge in [0.15, 0.2) is 0 Å². The van der Waals surface area contributed by atoms with Crippen molar-refractivity contribution in [2.24, 2.45) is 5.92 Å². The second-order valence-electron chi connectivity index (χ2n) is 8.51. The molecule has 1 aliphatic rings. The fraction of sp³-hybridized carbons (Fsp3) is 0.346. The lowest BCUT2D eigenvalue weighted by atomic mass is 9.80. The van der Waals surface area contributed by atoms with Gasteiger partial charge >= 0.3 is 12.1 Å². The zero-order valence-electron chi connectivity index (χ0n) is 18.0. The quantitative estimate of drug-likeness (QED) is 0.553. The number of rotatable bonds is 5. The number of nitrogens with one attached hydrogen (secondary N) is 1. The minimum Gasteiger partial charge on any atom is -0.335 e. The summed E-state index contributed by atoms with van der Waals surface area (Å²) in [6.07, 6.45) is -4.32. The summed E-state index contributed by atoms with van der Waals surface area (Å²) in [5.41, 5.74) is 2.26. The molecular formula is C26H27F3N2O. The highest BCUT2D eigenvalue weighted by atomic mass is 19.4. The van der Waals surface area contributed by atoms with E-state index in [9.17, 15) is 18.0 Å². The normalized spacial score (nSPS) is 20.3. The number of carbonyl (C=O) groups excluding carboxylic acids is 1. The summed E-state index contributed by atoms with van der Waals surface area (Å²) in [6, 6.07) is 24.2. The maximum Gasteiger partial charge on any atom is 0.471 e. The molecule has 1 N–H and O–H groups in total. The van der Waals surface area contributed by atoms with Crippen LogP contribution >= 0.6 is 0 Å². The number of nitrogens with zero attached hydrogens (tertiary/aromatic N) is 1. The molecule has 0 bridgehead atoms. The van der Waals surface area contributed by atoms with Crippen molar-refractivity contribution in [1.82, 2.24) is 10.2 Å². The van der Waals surface area contributed by atoms with Crippen LogP contribution in [-0.4, -0.2) is 36.6 Å². The molecule has 1 aliphatic heterocycles. The first-order chi connectivity index (χ1) is 15.3. The molecule has 6 heteroatoms. The Bertz CT molecular complexity index is 1060. The number of fused-ring (bicyclic) bond motifs is 1. The van der Waals surface area contributed by atoms with Crippen LogP contribution in [0.3, 0.4) is 0 Å². The lowest BCUT2D eigenvalue weighted by Crippen LogP contribution is -2.50. The van der Waals surface area contributed by atoms with Crippen molar-refractivity contribution in [3.8, 4) is 0 Å². The van der Waals surface area contributed by atoms with E-state index in [2.05, 4.69) is 36.5 Å². The van der Waals surface area contributed by atoms with Crippen LogP contribution in [-0.2, 0) is 4.79 Å². The lowest BCUT2D eigenvalue weighted by molar-refractivity contribution is -0.187. The van der Waals surface area contributed by atoms with Gasteiger partial charge in [-0.05, 0) is 47.1 Å². The van der Waals surface area contributed by atoms with E-state index < -0.39 is 12.1 Å². The number of alkyl halides is 3. The highest BCUT2D eigenvalue weighted by molar-refractivity contribution is 5.86. The molecule has 3 nitrogen and oxygen atoms in total. The average molecular weight is 441 g/mol. The fourth-order valence-corrected chi connectivity index (χ4v) is 4.81. The van der Waals surface area contributed by atoms with Gasteiger partial charge in [0.1, 0.15) is 0 Å². The van der Waals surface area contributed by atoms with Crippen LogP contribution in [0.5, 0.6) is 0 Å². The summed E-state index contributed by atoms with van der Waals surface area (Å²) < 4.78 is 39.2. The molecular weight excluding hydrogens is 413 g/mol. The van der Waals surface area contributed by atoms with Crippen molar-refractivity contribution in [2.75, 3.05) is 19.6 Å². The minimum atomic E-state index is -4.84. The Morgan fingerprint density at radius 1 is 1.03 bits per heavy atom. The molecule has 168 valence electrons. The van der Waals surface area contributed by atoms with Crippen LogP contribution in [0.1, 0.15) is 36.4 Å². The minimum absolute atomic E-state index is 0.0196. The van der Waals surface area contributed by atoms with Gasteiger partial charge in [-0.25, -0.2) is 0 Å². The van der Waals surface area contributed by atoms with Crippen molar-refractivity contribution in [3.63, 3.8) is 0 Å². The van der Waals surface area contributed by atoms with Crippen molar-refractivity contribution in [1.29, 1.82) is 0 Å². The van der Waals surface area contributed by atoms with Crippen LogP contribution in [0.2, 0.25) is 0 Å². The number of benzene rings is 3. The smallest absolute Gasteiger partial charge is 0.335 e. The number of halogens is 3. The third kappa shape index (κ3) is 4.80. The molecule has 3 aromatic rings. The van der Waals surface area contributed by atoms with Crippen LogP contribution in [0, 0.1) is 5.92 Å². The average Bonchev–Trinajstić information content (AvgIpc) is 2.81. The molecule has 32 heavy (non-hydrogen) atoms. The van der Waals surface area contributed by atoms with Crippen molar-refractivity contribution in [3.05, 3.63) is 83.9 Å². The summed E-state index contributed by atoms with van der Waals surface area (Å²) in [5, 5.41) is 5.85. The predicted molar refractivity (Wildman–Crippen MR) is 120 cm³/mol. The molecule has 0 aromatic heterocycles. The van der Waals surface area contributed by atoms with E-state index in [4.69, 9.17) is 0 Å². The molecule has 3 aromatic carbocycles. The Kier molecular flexibility index (Phi) is 6.51. The second kappa shape index (κ2) is 9.33. The Labute approximate surface area is 186 Å². The number of carbonyl (C=O) groups is 1. The zero-order chi connectivity index (χ0) is 22.7. The number of hydrogen-bond acceptors (Lipinski definition) is 2. The van der Waals surface area contributed by atoms with Crippen LogP contribution in [0.4, 0.5) is 13.2 Å². The second-order valence-corrected chi connectivity index (χ2v) is 8.51. The number of hydrogen-bond donors (Lipinski definition) is 1. The number of piperidine rings is 1. The first kappa shape index (κ1) is 22.3. The highest BCUT2D eigenvalue weighted by Crippen LogP contribution is 2.35. The van der Waals surface area contributed by atoms with Gasteiger partial charge in [-0.1, -0.05) is 72.8 Å². The highest BCUT2D eigenvalue weighted by Gasteiger charge is 2.45. The summed E-state index contributed by atoms with van der Waals surface area (Å²) >= 11 is 0. The van der Waals surface area contributed by atoms with Gasteiger partial charge in [0.25, 0.3) is 0 Å². The van der Waals surface area contributed by atoms with Gasteiger partial charge in [-0.15, -0.1) is 0 Å². The molecule has 3 atom stereocenters. The first-order valence-electron chi connectivity index (χ1n) is 11.0. The van der Waals surface area contributed by atoms with Gasteiger partial charge in [0, 0.05) is 25.7 Å². The standard InChI is InChI=1S/C26H27F3N2O/c1-18(22-13-7-11-20-10-5-6-12-24(20)22)30-16-21-17-31(25(32)26(27,28)29)15-14-23(21)19-8-3-2-4-9-19/h2-13,18,21,23,30H,14-17H2,1H3/t18-,21?,23?/m1/s1. The topological polar surface area (TPSA) is 32.3 Å². The maximum atomic E-state index is 13.1. The summed E-state index contributed by atoms with van der Waals surface area (Å²) in [7, 11) is 0. The molecule has 0 saturated carbocycles. The molecule has 1 fully saturated rings. The fourth-order valence-electron chi connectivity index (χ4n) is 4.81. The van der Waals surface area contributed by atoms with E-state index in [1.165, 1.54) is 0 Å². The van der Waals surface area contributed by atoms with Crippen LogP contribution in [0.25, 0.3) is 10.8 Å². The van der Waals surface area contributed by atoms with Crippen LogP contribution < -0.4 is 5.32 Å². The zero-order valence-corrected chi connectivity index (χ0v) is 18.0. The maximum absolute atomic E-state index is 13.1. The van der Waals surface area contributed by atoms with Gasteiger partial charge in [0.05, 0.1) is 0 Å². The van der Waals surface area contributed by atoms with E-state index in [-0.39, 0.29) is 31.0 Å². The van der Waals surface area contributed by atoms with Gasteiger partial charge in [-0.2, -0.15) is 13.2 Å². The van der Waals surface area contributed by atoms with Crippen molar-refractivity contribution >= 4 is 16.7 Å². The van der Waals surface area contributed by atoms with Gasteiger partial charge in [-0.3, -0.25) is 4.79 Å². The Hall–Kier alpha value is -2.86. The van der Waals surface area contributed by atoms with E-state index in [0.717, 1.165) is 26.8 Å². The number of likely N-dealkylation sites (tertiary alicyclic amines) is 1. The summed E-state index contributed by atoms with van der Waals surface area (Å²) in [4.78, 5) is 12.9. The molecule has 4 rings (SSSR count). The molecule has 0 radical (unpaired) electrons. The molecule has 1 heterocycles. The third-order valence-electron chi connectivity index (χ3n) is 6.47. The summed E-state index contributed by atoms with van der Waals surface area (Å²) in [5.74, 6) is -1.76. The number of amides is 1. The molecule has 1 amide bonds. The monoisotopic (exact) mass is 440 g/mol. The van der Waals surface area contributed by atoms with E-state index >= 15 is 0 Å².